The van der Waals surface area contributed by atoms with E-state index in [4.69, 9.17) is 11.6 Å². The summed E-state index contributed by atoms with van der Waals surface area (Å²) in [5, 5.41) is 9.84. The molecule has 1 aromatic carbocycles. The van der Waals surface area contributed by atoms with Crippen molar-refractivity contribution < 1.29 is 9.59 Å². The van der Waals surface area contributed by atoms with Gasteiger partial charge in [0.2, 0.25) is 5.91 Å². The lowest BCUT2D eigenvalue weighted by Crippen LogP contribution is -2.43. The summed E-state index contributed by atoms with van der Waals surface area (Å²) in [5.74, 6) is -0.164. The fourth-order valence-corrected chi connectivity index (χ4v) is 4.25. The number of carbonyl (C=O) groups is 2. The van der Waals surface area contributed by atoms with Gasteiger partial charge in [-0.3, -0.25) is 4.79 Å². The van der Waals surface area contributed by atoms with Crippen LogP contribution >= 0.6 is 22.9 Å². The third-order valence-electron chi connectivity index (χ3n) is 4.72. The summed E-state index contributed by atoms with van der Waals surface area (Å²) < 4.78 is 0. The molecule has 146 valence electrons. The molecular formula is C19H20ClN5O2S. The Morgan fingerprint density at radius 2 is 2.25 bits per heavy atom. The molecule has 3 amide bonds. The van der Waals surface area contributed by atoms with E-state index < -0.39 is 0 Å². The number of hydrogen-bond acceptors (Lipinski definition) is 4. The molecule has 0 unspecified atom stereocenters. The highest BCUT2D eigenvalue weighted by Gasteiger charge is 2.24. The molecule has 3 N–H and O–H groups in total. The molecule has 9 heteroatoms. The molecule has 28 heavy (non-hydrogen) atoms. The maximum Gasteiger partial charge on any atom is 0.317 e. The molecule has 0 saturated carbocycles. The molecule has 1 aliphatic rings. The molecule has 0 bridgehead atoms. The van der Waals surface area contributed by atoms with Crippen LogP contribution in [0, 0.1) is 6.92 Å². The molecule has 1 aliphatic heterocycles. The molecular weight excluding hydrogens is 398 g/mol. The zero-order valence-electron chi connectivity index (χ0n) is 15.3. The van der Waals surface area contributed by atoms with E-state index in [0.717, 1.165) is 28.7 Å². The number of urea groups is 1. The lowest BCUT2D eigenvalue weighted by atomic mass is 10.0. The summed E-state index contributed by atoms with van der Waals surface area (Å²) in [5.41, 5.74) is 4.17. The van der Waals surface area contributed by atoms with Crippen LogP contribution in [0.5, 0.6) is 0 Å². The minimum absolute atomic E-state index is 0.164. The van der Waals surface area contributed by atoms with E-state index in [1.165, 1.54) is 16.9 Å². The van der Waals surface area contributed by atoms with E-state index in [2.05, 4.69) is 20.6 Å². The van der Waals surface area contributed by atoms with Gasteiger partial charge in [0.1, 0.15) is 0 Å². The van der Waals surface area contributed by atoms with Gasteiger partial charge in [0, 0.05) is 46.5 Å². The van der Waals surface area contributed by atoms with Crippen LogP contribution in [0.15, 0.2) is 23.6 Å². The summed E-state index contributed by atoms with van der Waals surface area (Å²) in [6.07, 6.45) is 0.974. The van der Waals surface area contributed by atoms with Gasteiger partial charge >= 0.3 is 6.03 Å². The number of hydrogen-bond donors (Lipinski definition) is 3. The van der Waals surface area contributed by atoms with E-state index in [1.54, 1.807) is 4.90 Å². The molecule has 3 heterocycles. The average Bonchev–Trinajstić information content (AvgIpc) is 3.23. The van der Waals surface area contributed by atoms with Gasteiger partial charge in [-0.05, 0) is 37.1 Å². The van der Waals surface area contributed by atoms with Crippen LogP contribution in [0.25, 0.3) is 10.9 Å². The fourth-order valence-electron chi connectivity index (χ4n) is 3.37. The van der Waals surface area contributed by atoms with Crippen LogP contribution in [0.4, 0.5) is 9.93 Å². The van der Waals surface area contributed by atoms with Gasteiger partial charge in [0.15, 0.2) is 5.13 Å². The van der Waals surface area contributed by atoms with Crippen molar-refractivity contribution in [1.29, 1.82) is 0 Å². The Bertz CT molecular complexity index is 1040. The first-order chi connectivity index (χ1) is 13.5. The third-order valence-corrected chi connectivity index (χ3v) is 5.83. The van der Waals surface area contributed by atoms with Gasteiger partial charge < -0.3 is 20.5 Å². The molecule has 0 radical (unpaired) electrons. The number of aromatic nitrogens is 2. The second-order valence-electron chi connectivity index (χ2n) is 6.77. The predicted octanol–water partition coefficient (Wildman–Crippen LogP) is 3.68. The number of aryl methyl sites for hydroxylation is 1. The summed E-state index contributed by atoms with van der Waals surface area (Å²) in [6, 6.07) is 5.61. The van der Waals surface area contributed by atoms with Gasteiger partial charge in [0.05, 0.1) is 12.2 Å². The maximum atomic E-state index is 12.5. The molecule has 0 spiro atoms. The van der Waals surface area contributed by atoms with Gasteiger partial charge in [-0.15, -0.1) is 11.3 Å². The van der Waals surface area contributed by atoms with Crippen molar-refractivity contribution in [2.45, 2.75) is 26.3 Å². The zero-order chi connectivity index (χ0) is 19.7. The van der Waals surface area contributed by atoms with Crippen molar-refractivity contribution in [2.24, 2.45) is 0 Å². The lowest BCUT2D eigenvalue weighted by molar-refractivity contribution is -0.116. The normalized spacial score (nSPS) is 13.4. The summed E-state index contributed by atoms with van der Waals surface area (Å²) >= 11 is 7.49. The number of rotatable bonds is 4. The summed E-state index contributed by atoms with van der Waals surface area (Å²) in [4.78, 5) is 33.7. The number of aromatic amines is 1. The number of amides is 3. The number of anilines is 1. The molecule has 0 fully saturated rings. The van der Waals surface area contributed by atoms with Crippen LogP contribution in [0.1, 0.15) is 23.4 Å². The number of carbonyl (C=O) groups excluding carboxylic acids is 2. The highest BCUT2D eigenvalue weighted by molar-refractivity contribution is 7.13. The molecule has 2 aromatic heterocycles. The topological polar surface area (TPSA) is 90.1 Å². The second kappa shape index (κ2) is 7.81. The minimum Gasteiger partial charge on any atom is -0.357 e. The fraction of sp³-hybridized carbons (Fsp3) is 0.316. The van der Waals surface area contributed by atoms with E-state index >= 15 is 0 Å². The average molecular weight is 418 g/mol. The number of H-pyrrole nitrogens is 1. The van der Waals surface area contributed by atoms with Crippen molar-refractivity contribution in [3.63, 3.8) is 0 Å². The first-order valence-corrected chi connectivity index (χ1v) is 10.3. The van der Waals surface area contributed by atoms with E-state index in [9.17, 15) is 9.59 Å². The van der Waals surface area contributed by atoms with Crippen molar-refractivity contribution in [1.82, 2.24) is 20.2 Å². The van der Waals surface area contributed by atoms with Crippen molar-refractivity contribution in [2.75, 3.05) is 18.4 Å². The molecule has 0 atom stereocenters. The van der Waals surface area contributed by atoms with Crippen molar-refractivity contribution in [3.05, 3.63) is 45.6 Å². The standard InChI is InChI=1S/C19H20ClN5O2S/c1-11-10-28-18(22-11)24-17(26)4-6-21-19(27)25-7-5-13-14-8-12(20)2-3-15(14)23-16(13)9-25/h2-3,8,10,23H,4-7,9H2,1H3,(H,21,27)(H,22,24,26). The van der Waals surface area contributed by atoms with Crippen LogP contribution in [0.3, 0.4) is 0 Å². The zero-order valence-corrected chi connectivity index (χ0v) is 16.9. The lowest BCUT2D eigenvalue weighted by Gasteiger charge is -2.27. The van der Waals surface area contributed by atoms with E-state index in [-0.39, 0.29) is 24.9 Å². The Morgan fingerprint density at radius 1 is 1.39 bits per heavy atom. The SMILES string of the molecule is Cc1csc(NC(=O)CCNC(=O)N2CCc3c([nH]c4ccc(Cl)cc34)C2)n1. The third kappa shape index (κ3) is 3.98. The highest BCUT2D eigenvalue weighted by atomic mass is 35.5. The second-order valence-corrected chi connectivity index (χ2v) is 8.06. The number of nitrogens with zero attached hydrogens (tertiary/aromatic N) is 2. The van der Waals surface area contributed by atoms with Gasteiger partial charge in [-0.1, -0.05) is 11.6 Å². The Hall–Kier alpha value is -2.58. The molecule has 0 saturated heterocycles. The summed E-state index contributed by atoms with van der Waals surface area (Å²) in [6.45, 7) is 3.29. The largest absolute Gasteiger partial charge is 0.357 e. The van der Waals surface area contributed by atoms with Crippen molar-refractivity contribution in [3.8, 4) is 0 Å². The van der Waals surface area contributed by atoms with E-state index in [0.29, 0.717) is 23.2 Å². The number of fused-ring (bicyclic) bond motifs is 3. The van der Waals surface area contributed by atoms with Crippen LogP contribution in [0.2, 0.25) is 5.02 Å². The van der Waals surface area contributed by atoms with Crippen molar-refractivity contribution >= 4 is 50.9 Å². The van der Waals surface area contributed by atoms with Gasteiger partial charge in [-0.2, -0.15) is 0 Å². The van der Waals surface area contributed by atoms with Crippen LogP contribution in [-0.4, -0.2) is 39.9 Å². The van der Waals surface area contributed by atoms with Crippen LogP contribution < -0.4 is 10.6 Å². The molecule has 4 rings (SSSR count). The van der Waals surface area contributed by atoms with Crippen LogP contribution in [-0.2, 0) is 17.8 Å². The quantitative estimate of drug-likeness (QED) is 0.604. The predicted molar refractivity (Wildman–Crippen MR) is 111 cm³/mol. The molecule has 3 aromatic rings. The Kier molecular flexibility index (Phi) is 5.23. The van der Waals surface area contributed by atoms with Gasteiger partial charge in [-0.25, -0.2) is 9.78 Å². The Labute approximate surface area is 171 Å². The molecule has 0 aliphatic carbocycles. The first kappa shape index (κ1) is 18.8. The summed E-state index contributed by atoms with van der Waals surface area (Å²) in [7, 11) is 0. The Morgan fingerprint density at radius 3 is 3.04 bits per heavy atom. The monoisotopic (exact) mass is 417 g/mol. The first-order valence-electron chi connectivity index (χ1n) is 9.03. The number of benzene rings is 1. The Balaban J connectivity index is 1.30. The van der Waals surface area contributed by atoms with Gasteiger partial charge in [0.25, 0.3) is 0 Å². The highest BCUT2D eigenvalue weighted by Crippen LogP contribution is 2.29. The number of nitrogens with one attached hydrogen (secondary N) is 3. The smallest absolute Gasteiger partial charge is 0.317 e. The maximum absolute atomic E-state index is 12.5. The number of thiazole rings is 1. The number of halogens is 1. The molecule has 7 nitrogen and oxygen atoms in total. The minimum atomic E-state index is -0.166. The van der Waals surface area contributed by atoms with E-state index in [1.807, 2.05) is 30.5 Å².